The third-order valence-electron chi connectivity index (χ3n) is 4.35. The average molecular weight is 347 g/mol. The van der Waals surface area contributed by atoms with Crippen LogP contribution in [0.1, 0.15) is 44.1 Å². The number of halogens is 1. The zero-order valence-corrected chi connectivity index (χ0v) is 14.9. The van der Waals surface area contributed by atoms with E-state index in [0.717, 1.165) is 37.3 Å². The molecule has 1 amide bonds. The Hall–Kier alpha value is -1.88. The lowest BCUT2D eigenvalue weighted by atomic mass is 10.1. The van der Waals surface area contributed by atoms with Crippen LogP contribution < -0.4 is 0 Å². The SMILES string of the molecule is CC(C)Cn1cnnc1[C@H]1CCCN1C(=O)Cc1ccc(Cl)cc1. The highest BCUT2D eigenvalue weighted by Crippen LogP contribution is 2.31. The lowest BCUT2D eigenvalue weighted by Gasteiger charge is -2.25. The van der Waals surface area contributed by atoms with E-state index in [0.29, 0.717) is 17.4 Å². The topological polar surface area (TPSA) is 51.0 Å². The second-order valence-electron chi connectivity index (χ2n) is 6.78. The van der Waals surface area contributed by atoms with E-state index in [1.807, 2.05) is 29.2 Å². The molecule has 0 N–H and O–H groups in total. The van der Waals surface area contributed by atoms with Gasteiger partial charge in [0.2, 0.25) is 5.91 Å². The molecule has 3 rings (SSSR count). The van der Waals surface area contributed by atoms with Gasteiger partial charge in [-0.15, -0.1) is 10.2 Å². The Bertz CT molecular complexity index is 695. The molecule has 2 aromatic rings. The van der Waals surface area contributed by atoms with Crippen molar-refractivity contribution in [3.8, 4) is 0 Å². The van der Waals surface area contributed by atoms with Crippen LogP contribution in [0.5, 0.6) is 0 Å². The molecule has 1 aliphatic heterocycles. The van der Waals surface area contributed by atoms with Crippen LogP contribution in [0, 0.1) is 5.92 Å². The Morgan fingerprint density at radius 2 is 2.08 bits per heavy atom. The maximum absolute atomic E-state index is 12.8. The van der Waals surface area contributed by atoms with E-state index in [2.05, 4.69) is 28.6 Å². The van der Waals surface area contributed by atoms with Crippen molar-refractivity contribution in [3.05, 3.63) is 47.0 Å². The van der Waals surface area contributed by atoms with Crippen molar-refractivity contribution in [1.82, 2.24) is 19.7 Å². The molecular weight excluding hydrogens is 324 g/mol. The zero-order chi connectivity index (χ0) is 17.1. The van der Waals surface area contributed by atoms with E-state index in [-0.39, 0.29) is 11.9 Å². The maximum atomic E-state index is 12.8. The van der Waals surface area contributed by atoms with Gasteiger partial charge >= 0.3 is 0 Å². The molecule has 0 aliphatic carbocycles. The predicted octanol–water partition coefficient (Wildman–Crippen LogP) is 3.49. The van der Waals surface area contributed by atoms with Gasteiger partial charge < -0.3 is 9.47 Å². The van der Waals surface area contributed by atoms with Crippen molar-refractivity contribution in [2.75, 3.05) is 6.54 Å². The Balaban J connectivity index is 1.74. The summed E-state index contributed by atoms with van der Waals surface area (Å²) in [5, 5.41) is 9.06. The van der Waals surface area contributed by atoms with E-state index < -0.39 is 0 Å². The second kappa shape index (κ2) is 7.34. The first-order chi connectivity index (χ1) is 11.5. The number of likely N-dealkylation sites (tertiary alicyclic amines) is 1. The standard InChI is InChI=1S/C18H23ClN4O/c1-13(2)11-22-12-20-21-18(22)16-4-3-9-23(16)17(24)10-14-5-7-15(19)8-6-14/h5-8,12-13,16H,3-4,9-11H2,1-2H3/t16-/m1/s1. The van der Waals surface area contributed by atoms with Gasteiger partial charge in [-0.3, -0.25) is 4.79 Å². The molecule has 1 aliphatic rings. The number of hydrogen-bond acceptors (Lipinski definition) is 3. The van der Waals surface area contributed by atoms with Crippen LogP contribution in [0.4, 0.5) is 0 Å². The van der Waals surface area contributed by atoms with Crippen molar-refractivity contribution in [2.24, 2.45) is 5.92 Å². The van der Waals surface area contributed by atoms with E-state index in [1.54, 1.807) is 6.33 Å². The van der Waals surface area contributed by atoms with Gasteiger partial charge in [-0.1, -0.05) is 37.6 Å². The number of carbonyl (C=O) groups is 1. The van der Waals surface area contributed by atoms with Gasteiger partial charge in [0.25, 0.3) is 0 Å². The summed E-state index contributed by atoms with van der Waals surface area (Å²) in [4.78, 5) is 14.7. The van der Waals surface area contributed by atoms with Gasteiger partial charge in [-0.2, -0.15) is 0 Å². The fraction of sp³-hybridized carbons (Fsp3) is 0.500. The molecule has 1 saturated heterocycles. The third-order valence-corrected chi connectivity index (χ3v) is 4.60. The van der Waals surface area contributed by atoms with Crippen LogP contribution in [0.25, 0.3) is 0 Å². The molecule has 0 saturated carbocycles. The smallest absolute Gasteiger partial charge is 0.227 e. The number of benzene rings is 1. The van der Waals surface area contributed by atoms with Gasteiger partial charge in [-0.25, -0.2) is 0 Å². The van der Waals surface area contributed by atoms with Crippen LogP contribution in [0.2, 0.25) is 5.02 Å². The van der Waals surface area contributed by atoms with Crippen LogP contribution in [-0.4, -0.2) is 32.1 Å². The van der Waals surface area contributed by atoms with Crippen molar-refractivity contribution >= 4 is 17.5 Å². The van der Waals surface area contributed by atoms with Gasteiger partial charge in [0.15, 0.2) is 5.82 Å². The summed E-state index contributed by atoms with van der Waals surface area (Å²) in [5.74, 6) is 1.56. The Labute approximate surface area is 147 Å². The third kappa shape index (κ3) is 3.78. The molecule has 6 heteroatoms. The summed E-state index contributed by atoms with van der Waals surface area (Å²) >= 11 is 5.91. The minimum absolute atomic E-state index is 0.0334. The summed E-state index contributed by atoms with van der Waals surface area (Å²) in [6, 6.07) is 7.50. The van der Waals surface area contributed by atoms with Crippen LogP contribution in [0.15, 0.2) is 30.6 Å². The van der Waals surface area contributed by atoms with Gasteiger partial charge in [0, 0.05) is 18.1 Å². The molecule has 128 valence electrons. The molecular formula is C18H23ClN4O. The molecule has 1 aromatic carbocycles. The van der Waals surface area contributed by atoms with Crippen molar-refractivity contribution in [3.63, 3.8) is 0 Å². The normalized spacial score (nSPS) is 17.7. The van der Waals surface area contributed by atoms with Gasteiger partial charge in [0.1, 0.15) is 6.33 Å². The van der Waals surface area contributed by atoms with Gasteiger partial charge in [-0.05, 0) is 36.5 Å². The molecule has 1 aromatic heterocycles. The predicted molar refractivity (Wildman–Crippen MR) is 93.7 cm³/mol. The quantitative estimate of drug-likeness (QED) is 0.832. The molecule has 0 bridgehead atoms. The molecule has 0 spiro atoms. The van der Waals surface area contributed by atoms with E-state index in [4.69, 9.17) is 11.6 Å². The summed E-state index contributed by atoms with van der Waals surface area (Å²) in [6.07, 6.45) is 4.12. The number of carbonyl (C=O) groups excluding carboxylic acids is 1. The van der Waals surface area contributed by atoms with Crippen molar-refractivity contribution < 1.29 is 4.79 Å². The highest BCUT2D eigenvalue weighted by Gasteiger charge is 2.33. The van der Waals surface area contributed by atoms with E-state index >= 15 is 0 Å². The first-order valence-corrected chi connectivity index (χ1v) is 8.84. The summed E-state index contributed by atoms with van der Waals surface area (Å²) in [7, 11) is 0. The molecule has 0 unspecified atom stereocenters. The highest BCUT2D eigenvalue weighted by molar-refractivity contribution is 6.30. The Morgan fingerprint density at radius 3 is 2.79 bits per heavy atom. The van der Waals surface area contributed by atoms with E-state index in [9.17, 15) is 4.79 Å². The number of amides is 1. The molecule has 1 atom stereocenters. The number of hydrogen-bond donors (Lipinski definition) is 0. The molecule has 5 nitrogen and oxygen atoms in total. The second-order valence-corrected chi connectivity index (χ2v) is 7.22. The lowest BCUT2D eigenvalue weighted by molar-refractivity contribution is -0.131. The minimum Gasteiger partial charge on any atom is -0.332 e. The van der Waals surface area contributed by atoms with Crippen LogP contribution >= 0.6 is 11.6 Å². The van der Waals surface area contributed by atoms with Crippen LogP contribution in [0.3, 0.4) is 0 Å². The summed E-state index contributed by atoms with van der Waals surface area (Å²) in [6.45, 7) is 5.99. The van der Waals surface area contributed by atoms with Crippen LogP contribution in [-0.2, 0) is 17.8 Å². The lowest BCUT2D eigenvalue weighted by Crippen LogP contribution is -2.33. The van der Waals surface area contributed by atoms with Crippen molar-refractivity contribution in [2.45, 2.75) is 45.7 Å². The first-order valence-electron chi connectivity index (χ1n) is 8.46. The zero-order valence-electron chi connectivity index (χ0n) is 14.2. The monoisotopic (exact) mass is 346 g/mol. The first kappa shape index (κ1) is 17.0. The number of rotatable bonds is 5. The van der Waals surface area contributed by atoms with E-state index in [1.165, 1.54) is 0 Å². The minimum atomic E-state index is 0.0334. The molecule has 2 heterocycles. The highest BCUT2D eigenvalue weighted by atomic mass is 35.5. The summed E-state index contributed by atoms with van der Waals surface area (Å²) < 4.78 is 2.09. The molecule has 24 heavy (non-hydrogen) atoms. The molecule has 1 fully saturated rings. The Morgan fingerprint density at radius 1 is 1.33 bits per heavy atom. The molecule has 0 radical (unpaired) electrons. The average Bonchev–Trinajstić information content (AvgIpc) is 3.17. The number of nitrogens with zero attached hydrogens (tertiary/aromatic N) is 4. The number of aromatic nitrogens is 3. The van der Waals surface area contributed by atoms with Crippen molar-refractivity contribution in [1.29, 1.82) is 0 Å². The fourth-order valence-electron chi connectivity index (χ4n) is 3.27. The van der Waals surface area contributed by atoms with Gasteiger partial charge in [0.05, 0.1) is 12.5 Å². The maximum Gasteiger partial charge on any atom is 0.227 e. The fourth-order valence-corrected chi connectivity index (χ4v) is 3.39. The Kier molecular flexibility index (Phi) is 5.19. The summed E-state index contributed by atoms with van der Waals surface area (Å²) in [5.41, 5.74) is 0.985. The largest absolute Gasteiger partial charge is 0.332 e.